The summed E-state index contributed by atoms with van der Waals surface area (Å²) < 4.78 is 78.6. The van der Waals surface area contributed by atoms with Gasteiger partial charge in [0.05, 0.1) is 11.1 Å². The number of carbonyl (C=O) groups is 2. The van der Waals surface area contributed by atoms with Crippen LogP contribution in [0.15, 0.2) is 42.5 Å². The van der Waals surface area contributed by atoms with E-state index in [9.17, 15) is 35.9 Å². The van der Waals surface area contributed by atoms with Gasteiger partial charge in [0.1, 0.15) is 6.29 Å². The van der Waals surface area contributed by atoms with Crippen molar-refractivity contribution >= 4 is 12.3 Å². The molecule has 2 aromatic rings. The van der Waals surface area contributed by atoms with Crippen LogP contribution < -0.4 is 0 Å². The summed E-state index contributed by atoms with van der Waals surface area (Å²) in [7, 11) is 1.35. The van der Waals surface area contributed by atoms with Crippen LogP contribution in [0.1, 0.15) is 27.8 Å². The summed E-state index contributed by atoms with van der Waals surface area (Å²) in [5.74, 6) is 0. The molecule has 2 amide bonds. The third-order valence-electron chi connectivity index (χ3n) is 5.78. The molecule has 1 aliphatic heterocycles. The van der Waals surface area contributed by atoms with Gasteiger partial charge in [0.25, 0.3) is 0 Å². The molecule has 11 heteroatoms. The van der Waals surface area contributed by atoms with Crippen LogP contribution in [0.3, 0.4) is 0 Å². The number of urea groups is 1. The van der Waals surface area contributed by atoms with Crippen molar-refractivity contribution in [3.05, 3.63) is 70.3 Å². The molecule has 190 valence electrons. The lowest BCUT2D eigenvalue weighted by atomic mass is 10.0. The Labute approximate surface area is 198 Å². The fourth-order valence-electron chi connectivity index (χ4n) is 3.93. The van der Waals surface area contributed by atoms with Gasteiger partial charge in [-0.05, 0) is 34.9 Å². The van der Waals surface area contributed by atoms with E-state index in [1.54, 1.807) is 0 Å². The van der Waals surface area contributed by atoms with E-state index in [4.69, 9.17) is 0 Å². The third kappa shape index (κ3) is 7.20. The van der Waals surface area contributed by atoms with Crippen LogP contribution in [0.5, 0.6) is 0 Å². The van der Waals surface area contributed by atoms with Gasteiger partial charge in [0.2, 0.25) is 0 Å². The zero-order chi connectivity index (χ0) is 25.8. The number of benzene rings is 2. The zero-order valence-corrected chi connectivity index (χ0v) is 19.0. The van der Waals surface area contributed by atoms with Crippen molar-refractivity contribution < 1.29 is 35.9 Å². The summed E-state index contributed by atoms with van der Waals surface area (Å²) in [5, 5.41) is 0. The fraction of sp³-hybridized carbons (Fsp3) is 0.417. The fourth-order valence-corrected chi connectivity index (χ4v) is 3.93. The molecule has 0 atom stereocenters. The van der Waals surface area contributed by atoms with Gasteiger partial charge in [0, 0.05) is 52.7 Å². The Morgan fingerprint density at radius 3 is 1.86 bits per heavy atom. The highest BCUT2D eigenvalue weighted by Crippen LogP contribution is 2.36. The molecule has 1 saturated heterocycles. The highest BCUT2D eigenvalue weighted by molar-refractivity contribution is 5.74. The van der Waals surface area contributed by atoms with Crippen molar-refractivity contribution in [2.75, 3.05) is 33.2 Å². The molecule has 3 rings (SSSR count). The maximum Gasteiger partial charge on any atom is 0.416 e. The molecular weight excluding hydrogens is 476 g/mol. The largest absolute Gasteiger partial charge is 0.416 e. The van der Waals surface area contributed by atoms with Crippen molar-refractivity contribution in [3.8, 4) is 0 Å². The van der Waals surface area contributed by atoms with Gasteiger partial charge in [0.15, 0.2) is 0 Å². The van der Waals surface area contributed by atoms with Gasteiger partial charge < -0.3 is 14.6 Å². The van der Waals surface area contributed by atoms with Crippen LogP contribution >= 0.6 is 0 Å². The first-order valence-corrected chi connectivity index (χ1v) is 10.9. The maximum absolute atomic E-state index is 13.1. The molecule has 1 heterocycles. The van der Waals surface area contributed by atoms with Gasteiger partial charge in [-0.15, -0.1) is 0 Å². The molecule has 0 unspecified atom stereocenters. The number of carbonyl (C=O) groups excluding carboxylic acids is 2. The lowest BCUT2D eigenvalue weighted by Gasteiger charge is -2.36. The Hall–Kier alpha value is -3.08. The first kappa shape index (κ1) is 26.5. The molecule has 2 aromatic carbocycles. The number of hydrogen-bond donors (Lipinski definition) is 0. The highest BCUT2D eigenvalue weighted by atomic mass is 19.4. The summed E-state index contributed by atoms with van der Waals surface area (Å²) in [4.78, 5) is 28.2. The van der Waals surface area contributed by atoms with E-state index in [1.807, 2.05) is 24.3 Å². The van der Waals surface area contributed by atoms with E-state index >= 15 is 0 Å². The van der Waals surface area contributed by atoms with Crippen LogP contribution in [0.4, 0.5) is 31.1 Å². The number of piperazine rings is 1. The Bertz CT molecular complexity index is 997. The lowest BCUT2D eigenvalue weighted by molar-refractivity contribution is -0.143. The number of halogens is 6. The molecular formula is C24H25F6N3O2. The summed E-state index contributed by atoms with van der Waals surface area (Å²) in [5.41, 5.74) is -1.08. The molecule has 0 spiro atoms. The van der Waals surface area contributed by atoms with Crippen molar-refractivity contribution in [1.29, 1.82) is 0 Å². The zero-order valence-electron chi connectivity index (χ0n) is 19.0. The van der Waals surface area contributed by atoms with Gasteiger partial charge in [-0.2, -0.15) is 26.3 Å². The molecule has 0 aliphatic carbocycles. The number of hydrogen-bond acceptors (Lipinski definition) is 3. The molecule has 1 aliphatic rings. The Morgan fingerprint density at radius 1 is 0.857 bits per heavy atom. The topological polar surface area (TPSA) is 43.9 Å². The molecule has 1 fully saturated rings. The molecule has 35 heavy (non-hydrogen) atoms. The van der Waals surface area contributed by atoms with E-state index < -0.39 is 29.5 Å². The predicted molar refractivity (Wildman–Crippen MR) is 116 cm³/mol. The van der Waals surface area contributed by atoms with Gasteiger partial charge in [-0.1, -0.05) is 24.3 Å². The van der Waals surface area contributed by atoms with Crippen LogP contribution in [0.25, 0.3) is 0 Å². The first-order valence-electron chi connectivity index (χ1n) is 10.9. The quantitative estimate of drug-likeness (QED) is 0.421. The average Bonchev–Trinajstić information content (AvgIpc) is 2.79. The van der Waals surface area contributed by atoms with E-state index in [-0.39, 0.29) is 18.2 Å². The second kappa shape index (κ2) is 10.7. The summed E-state index contributed by atoms with van der Waals surface area (Å²) in [6.07, 6.45) is -8.69. The van der Waals surface area contributed by atoms with Crippen LogP contribution in [-0.4, -0.2) is 60.2 Å². The standard InChI is InChI=1S/C24H25F6N3O2/c1-31(15-19-12-20(23(25,26)27)14-21(13-19)24(28,29)30)22(35)33-9-7-32(8-10-33)16-18-4-2-17(3-5-18)6-11-34/h2-5,11-14H,6-10,15-16H2,1H3. The number of aldehydes is 1. The van der Waals surface area contributed by atoms with Crippen molar-refractivity contribution in [2.45, 2.75) is 31.9 Å². The number of amides is 2. The van der Waals surface area contributed by atoms with Crippen LogP contribution in [0, 0.1) is 0 Å². The minimum absolute atomic E-state index is 0.0698. The molecule has 0 aromatic heterocycles. The maximum atomic E-state index is 13.1. The van der Waals surface area contributed by atoms with Crippen molar-refractivity contribution in [3.63, 3.8) is 0 Å². The normalized spacial score (nSPS) is 15.2. The first-order chi connectivity index (χ1) is 16.4. The van der Waals surface area contributed by atoms with E-state index in [2.05, 4.69) is 4.90 Å². The highest BCUT2D eigenvalue weighted by Gasteiger charge is 2.37. The Morgan fingerprint density at radius 2 is 1.37 bits per heavy atom. The minimum atomic E-state index is -4.94. The molecule has 0 radical (unpaired) electrons. The SMILES string of the molecule is CN(Cc1cc(C(F)(F)F)cc(C(F)(F)F)c1)C(=O)N1CCN(Cc2ccc(CC=O)cc2)CC1. The Kier molecular flexibility index (Phi) is 8.09. The van der Waals surface area contributed by atoms with E-state index in [0.717, 1.165) is 22.3 Å². The smallest absolute Gasteiger partial charge is 0.323 e. The third-order valence-corrected chi connectivity index (χ3v) is 5.78. The molecule has 5 nitrogen and oxygen atoms in total. The van der Waals surface area contributed by atoms with E-state index in [1.165, 1.54) is 11.9 Å². The average molecular weight is 501 g/mol. The van der Waals surface area contributed by atoms with Crippen molar-refractivity contribution in [2.24, 2.45) is 0 Å². The van der Waals surface area contributed by atoms with Crippen LogP contribution in [0.2, 0.25) is 0 Å². The summed E-state index contributed by atoms with van der Waals surface area (Å²) in [6.45, 7) is 2.16. The van der Waals surface area contributed by atoms with Crippen LogP contribution in [-0.2, 0) is 36.7 Å². The molecule has 0 saturated carbocycles. The number of nitrogens with zero attached hydrogens (tertiary/aromatic N) is 3. The Balaban J connectivity index is 1.59. The van der Waals surface area contributed by atoms with Gasteiger partial charge >= 0.3 is 18.4 Å². The number of alkyl halides is 6. The molecule has 0 N–H and O–H groups in total. The van der Waals surface area contributed by atoms with Gasteiger partial charge in [-0.25, -0.2) is 4.79 Å². The predicted octanol–water partition coefficient (Wildman–Crippen LogP) is 4.84. The lowest BCUT2D eigenvalue weighted by Crippen LogP contribution is -2.51. The minimum Gasteiger partial charge on any atom is -0.323 e. The number of rotatable bonds is 6. The summed E-state index contributed by atoms with van der Waals surface area (Å²) in [6, 6.07) is 8.53. The second-order valence-corrected chi connectivity index (χ2v) is 8.50. The van der Waals surface area contributed by atoms with Gasteiger partial charge in [-0.3, -0.25) is 4.90 Å². The monoisotopic (exact) mass is 501 g/mol. The van der Waals surface area contributed by atoms with Crippen molar-refractivity contribution in [1.82, 2.24) is 14.7 Å². The summed E-state index contributed by atoms with van der Waals surface area (Å²) >= 11 is 0. The molecule has 0 bridgehead atoms. The second-order valence-electron chi connectivity index (χ2n) is 8.50. The van der Waals surface area contributed by atoms with E-state index in [0.29, 0.717) is 51.3 Å².